The highest BCUT2D eigenvalue weighted by Gasteiger charge is 2.25. The zero-order valence-corrected chi connectivity index (χ0v) is 15.2. The molecule has 1 aromatic carbocycles. The van der Waals surface area contributed by atoms with E-state index in [4.69, 9.17) is 5.73 Å². The molecule has 0 amide bonds. The third-order valence-corrected chi connectivity index (χ3v) is 5.21. The van der Waals surface area contributed by atoms with Gasteiger partial charge in [0.15, 0.2) is 5.78 Å². The van der Waals surface area contributed by atoms with Crippen LogP contribution in [0.3, 0.4) is 0 Å². The summed E-state index contributed by atoms with van der Waals surface area (Å²) in [5.74, 6) is -0.479. The summed E-state index contributed by atoms with van der Waals surface area (Å²) in [6, 6.07) is 5.94. The molecule has 0 saturated carbocycles. The quantitative estimate of drug-likeness (QED) is 0.671. The van der Waals surface area contributed by atoms with Crippen molar-refractivity contribution < 1.29 is 4.79 Å². The number of nitrogens with two attached hydrogens (primary N) is 1. The second kappa shape index (κ2) is 6.68. The Balaban J connectivity index is 2.40. The molecule has 1 atom stereocenters. The molecule has 6 nitrogen and oxygen atoms in total. The lowest BCUT2D eigenvalue weighted by Crippen LogP contribution is -2.42. The van der Waals surface area contributed by atoms with Crippen LogP contribution in [0, 0.1) is 13.8 Å². The number of Topliss-reactive ketones (excluding diaryl/α,β-unsaturated/α-hetero) is 1. The van der Waals surface area contributed by atoms with E-state index >= 15 is 0 Å². The normalized spacial score (nSPS) is 12.2. The molecule has 0 bridgehead atoms. The van der Waals surface area contributed by atoms with Crippen LogP contribution in [0.5, 0.6) is 0 Å². The van der Waals surface area contributed by atoms with E-state index in [1.54, 1.807) is 6.92 Å². The maximum atomic E-state index is 12.7. The Bertz CT molecular complexity index is 928. The Morgan fingerprint density at radius 1 is 1.12 bits per heavy atom. The lowest BCUT2D eigenvalue weighted by molar-refractivity contribution is 0.0992. The van der Waals surface area contributed by atoms with Crippen molar-refractivity contribution in [2.45, 2.75) is 30.9 Å². The number of nitrogen functional groups attached to an aromatic ring is 1. The minimum Gasteiger partial charge on any atom is -0.384 e. The highest BCUT2D eigenvalue weighted by atomic mass is 32.2. The Labute approximate surface area is 144 Å². The van der Waals surface area contributed by atoms with Crippen LogP contribution < -0.4 is 17.0 Å². The van der Waals surface area contributed by atoms with E-state index < -0.39 is 16.5 Å². The molecule has 2 aromatic rings. The van der Waals surface area contributed by atoms with E-state index in [0.717, 1.165) is 19.6 Å². The Morgan fingerprint density at radius 2 is 1.75 bits per heavy atom. The molecule has 128 valence electrons. The Morgan fingerprint density at radius 3 is 2.33 bits per heavy atom. The number of thioether (sulfide) groups is 1. The maximum Gasteiger partial charge on any atom is 0.332 e. The highest BCUT2D eigenvalue weighted by Crippen LogP contribution is 2.27. The number of carbonyl (C=O) groups excluding carboxylic acids is 1. The van der Waals surface area contributed by atoms with E-state index in [1.165, 1.54) is 31.4 Å². The average Bonchev–Trinajstić information content (AvgIpc) is 2.54. The summed E-state index contributed by atoms with van der Waals surface area (Å²) in [5.41, 5.74) is 6.81. The minimum atomic E-state index is -0.659. The van der Waals surface area contributed by atoms with Crippen molar-refractivity contribution in [2.24, 2.45) is 14.1 Å². The lowest BCUT2D eigenvalue weighted by Gasteiger charge is -2.15. The van der Waals surface area contributed by atoms with Gasteiger partial charge in [0.1, 0.15) is 11.4 Å². The first-order chi connectivity index (χ1) is 11.1. The van der Waals surface area contributed by atoms with Crippen LogP contribution in [0.15, 0.2) is 32.7 Å². The zero-order valence-electron chi connectivity index (χ0n) is 14.4. The number of hydrogen-bond acceptors (Lipinski definition) is 5. The van der Waals surface area contributed by atoms with Gasteiger partial charge >= 0.3 is 5.69 Å². The number of aryl methyl sites for hydroxylation is 2. The molecule has 0 aliphatic carbocycles. The van der Waals surface area contributed by atoms with Gasteiger partial charge in [0, 0.05) is 19.0 Å². The van der Waals surface area contributed by atoms with Gasteiger partial charge in [-0.15, -0.1) is 11.8 Å². The topological polar surface area (TPSA) is 87.1 Å². The second-order valence-corrected chi connectivity index (χ2v) is 7.25. The standard InChI is InChI=1S/C17H21N3O3S/c1-9-6-7-12(8-10(9)2)24-11(3)14(21)13-15(18)19(4)17(23)20(5)16(13)22/h6-8,11H,18H2,1-5H3. The van der Waals surface area contributed by atoms with Crippen LogP contribution in [0.1, 0.15) is 28.4 Å². The summed E-state index contributed by atoms with van der Waals surface area (Å²) in [6.45, 7) is 5.76. The van der Waals surface area contributed by atoms with Crippen molar-refractivity contribution in [3.63, 3.8) is 0 Å². The fraction of sp³-hybridized carbons (Fsp3) is 0.353. The van der Waals surface area contributed by atoms with Crippen molar-refractivity contribution in [3.8, 4) is 0 Å². The summed E-state index contributed by atoms with van der Waals surface area (Å²) in [4.78, 5) is 37.8. The van der Waals surface area contributed by atoms with Gasteiger partial charge in [-0.1, -0.05) is 6.07 Å². The highest BCUT2D eigenvalue weighted by molar-refractivity contribution is 8.00. The number of nitrogens with zero attached hydrogens (tertiary/aromatic N) is 2. The van der Waals surface area contributed by atoms with Gasteiger partial charge in [-0.25, -0.2) is 4.79 Å². The minimum absolute atomic E-state index is 0.0966. The predicted octanol–water partition coefficient (Wildman–Crippen LogP) is 1.65. The molecule has 24 heavy (non-hydrogen) atoms. The van der Waals surface area contributed by atoms with Crippen molar-refractivity contribution in [1.29, 1.82) is 0 Å². The molecule has 0 aliphatic rings. The summed E-state index contributed by atoms with van der Waals surface area (Å²) in [5, 5.41) is -0.500. The van der Waals surface area contributed by atoms with E-state index in [9.17, 15) is 14.4 Å². The zero-order chi connectivity index (χ0) is 18.2. The van der Waals surface area contributed by atoms with Gasteiger partial charge in [0.05, 0.1) is 5.25 Å². The smallest absolute Gasteiger partial charge is 0.332 e. The molecule has 0 radical (unpaired) electrons. The van der Waals surface area contributed by atoms with Crippen molar-refractivity contribution in [3.05, 3.63) is 55.7 Å². The summed E-state index contributed by atoms with van der Waals surface area (Å²) in [6.07, 6.45) is 0. The van der Waals surface area contributed by atoms with Crippen LogP contribution in [-0.2, 0) is 14.1 Å². The van der Waals surface area contributed by atoms with Gasteiger partial charge in [-0.3, -0.25) is 18.7 Å². The third-order valence-electron chi connectivity index (χ3n) is 4.12. The van der Waals surface area contributed by atoms with E-state index in [-0.39, 0.29) is 17.2 Å². The fourth-order valence-corrected chi connectivity index (χ4v) is 3.36. The molecule has 7 heteroatoms. The predicted molar refractivity (Wildman–Crippen MR) is 96.9 cm³/mol. The molecule has 0 fully saturated rings. The van der Waals surface area contributed by atoms with Gasteiger partial charge < -0.3 is 5.73 Å². The molecule has 0 aliphatic heterocycles. The van der Waals surface area contributed by atoms with Gasteiger partial charge in [-0.2, -0.15) is 0 Å². The first-order valence-corrected chi connectivity index (χ1v) is 8.36. The fourth-order valence-electron chi connectivity index (χ4n) is 2.34. The molecule has 0 spiro atoms. The van der Waals surface area contributed by atoms with E-state index in [1.807, 2.05) is 32.0 Å². The summed E-state index contributed by atoms with van der Waals surface area (Å²) >= 11 is 1.36. The Kier molecular flexibility index (Phi) is 5.03. The average molecular weight is 347 g/mol. The Hall–Kier alpha value is -2.28. The number of ketones is 1. The second-order valence-electron chi connectivity index (χ2n) is 5.84. The largest absolute Gasteiger partial charge is 0.384 e. The SMILES string of the molecule is Cc1ccc(SC(C)C(=O)c2c(N)n(C)c(=O)n(C)c2=O)cc1C. The number of benzene rings is 1. The van der Waals surface area contributed by atoms with Crippen molar-refractivity contribution in [2.75, 3.05) is 5.73 Å². The summed E-state index contributed by atoms with van der Waals surface area (Å²) in [7, 11) is 2.77. The first kappa shape index (κ1) is 18.1. The van der Waals surface area contributed by atoms with Gasteiger partial charge in [0.25, 0.3) is 5.56 Å². The monoisotopic (exact) mass is 347 g/mol. The van der Waals surface area contributed by atoms with Crippen molar-refractivity contribution >= 4 is 23.4 Å². The van der Waals surface area contributed by atoms with Gasteiger partial charge in [-0.05, 0) is 44.0 Å². The molecular formula is C17H21N3O3S. The molecule has 0 saturated heterocycles. The molecule has 1 aromatic heterocycles. The molecular weight excluding hydrogens is 326 g/mol. The van der Waals surface area contributed by atoms with E-state index in [0.29, 0.717) is 0 Å². The number of rotatable bonds is 4. The van der Waals surface area contributed by atoms with Crippen LogP contribution >= 0.6 is 11.8 Å². The number of anilines is 1. The first-order valence-electron chi connectivity index (χ1n) is 7.48. The molecule has 2 rings (SSSR count). The molecule has 1 unspecified atom stereocenters. The van der Waals surface area contributed by atoms with Crippen LogP contribution in [0.2, 0.25) is 0 Å². The molecule has 1 heterocycles. The third kappa shape index (κ3) is 3.17. The van der Waals surface area contributed by atoms with Gasteiger partial charge in [0.2, 0.25) is 0 Å². The number of aromatic nitrogens is 2. The number of carbonyl (C=O) groups is 1. The van der Waals surface area contributed by atoms with Crippen molar-refractivity contribution in [1.82, 2.24) is 9.13 Å². The van der Waals surface area contributed by atoms with Crippen LogP contribution in [0.25, 0.3) is 0 Å². The maximum absolute atomic E-state index is 12.7. The van der Waals surface area contributed by atoms with Crippen LogP contribution in [-0.4, -0.2) is 20.2 Å². The number of hydrogen-bond donors (Lipinski definition) is 1. The summed E-state index contributed by atoms with van der Waals surface area (Å²) < 4.78 is 2.01. The lowest BCUT2D eigenvalue weighted by atomic mass is 10.1. The van der Waals surface area contributed by atoms with Crippen LogP contribution in [0.4, 0.5) is 5.82 Å². The molecule has 2 N–H and O–H groups in total. The van der Waals surface area contributed by atoms with E-state index in [2.05, 4.69) is 0 Å².